The molecule has 4 aromatic rings. The molecule has 168 valence electrons. The summed E-state index contributed by atoms with van der Waals surface area (Å²) in [5.41, 5.74) is 2.45. The highest BCUT2D eigenvalue weighted by atomic mass is 16.4. The molecule has 0 unspecified atom stereocenters. The normalized spacial score (nSPS) is 10.2. The summed E-state index contributed by atoms with van der Waals surface area (Å²) in [4.78, 5) is 34.0. The number of hydrogen-bond donors (Lipinski definition) is 2. The summed E-state index contributed by atoms with van der Waals surface area (Å²) in [7, 11) is 0. The van der Waals surface area contributed by atoms with Crippen LogP contribution >= 0.6 is 0 Å². The standard InChI is InChI=1S/C15H12O.C14H10O4/c16-15(14-9-5-2-6-10-14)12-11-13-7-3-1-4-8-13;15-13(16)11-8-4-7-10(12(11)14(17)18)9-5-2-1-3-6-9/h1-12H;1-8H,(H,15,16)(H,17,18). The molecule has 4 rings (SSSR count). The lowest BCUT2D eigenvalue weighted by atomic mass is 9.95. The fraction of sp³-hybridized carbons (Fsp3) is 0. The van der Waals surface area contributed by atoms with E-state index in [1.807, 2.05) is 72.8 Å². The molecule has 5 nitrogen and oxygen atoms in total. The van der Waals surface area contributed by atoms with Crippen LogP contribution in [-0.4, -0.2) is 27.9 Å². The van der Waals surface area contributed by atoms with E-state index in [1.165, 1.54) is 12.1 Å². The summed E-state index contributed by atoms with van der Waals surface area (Å²) >= 11 is 0. The highest BCUT2D eigenvalue weighted by Gasteiger charge is 2.20. The van der Waals surface area contributed by atoms with Crippen LogP contribution in [0.25, 0.3) is 17.2 Å². The number of rotatable bonds is 6. The van der Waals surface area contributed by atoms with Crippen molar-refractivity contribution >= 4 is 23.8 Å². The maximum absolute atomic E-state index is 11.7. The van der Waals surface area contributed by atoms with Crippen LogP contribution in [0.4, 0.5) is 0 Å². The molecule has 0 fully saturated rings. The Morgan fingerprint density at radius 2 is 1.15 bits per heavy atom. The van der Waals surface area contributed by atoms with E-state index in [9.17, 15) is 19.5 Å². The minimum Gasteiger partial charge on any atom is -0.478 e. The number of carboxylic acid groups (broad SMARTS) is 2. The highest BCUT2D eigenvalue weighted by molar-refractivity contribution is 6.07. The minimum absolute atomic E-state index is 0.0319. The fourth-order valence-electron chi connectivity index (χ4n) is 3.25. The van der Waals surface area contributed by atoms with Crippen LogP contribution in [0.3, 0.4) is 0 Å². The number of carboxylic acids is 2. The maximum Gasteiger partial charge on any atom is 0.337 e. The summed E-state index contributed by atoms with van der Waals surface area (Å²) in [6, 6.07) is 32.3. The second-order valence-electron chi connectivity index (χ2n) is 7.18. The van der Waals surface area contributed by atoms with E-state index in [-0.39, 0.29) is 16.9 Å². The molecule has 34 heavy (non-hydrogen) atoms. The average Bonchev–Trinajstić information content (AvgIpc) is 2.88. The molecule has 0 bridgehead atoms. The Labute approximate surface area is 197 Å². The zero-order valence-corrected chi connectivity index (χ0v) is 18.2. The molecule has 0 spiro atoms. The van der Waals surface area contributed by atoms with Gasteiger partial charge in [-0.1, -0.05) is 109 Å². The van der Waals surface area contributed by atoms with Gasteiger partial charge in [-0.2, -0.15) is 0 Å². The molecule has 5 heteroatoms. The number of carbonyl (C=O) groups is 3. The van der Waals surface area contributed by atoms with Crippen molar-refractivity contribution in [2.75, 3.05) is 0 Å². The summed E-state index contributed by atoms with van der Waals surface area (Å²) in [6.45, 7) is 0. The van der Waals surface area contributed by atoms with E-state index in [2.05, 4.69) is 0 Å². The monoisotopic (exact) mass is 450 g/mol. The zero-order chi connectivity index (χ0) is 24.3. The van der Waals surface area contributed by atoms with Crippen LogP contribution in [0.1, 0.15) is 36.6 Å². The predicted molar refractivity (Wildman–Crippen MR) is 132 cm³/mol. The lowest BCUT2D eigenvalue weighted by Crippen LogP contribution is -2.09. The van der Waals surface area contributed by atoms with Gasteiger partial charge in [0.15, 0.2) is 5.78 Å². The van der Waals surface area contributed by atoms with Crippen molar-refractivity contribution in [1.82, 2.24) is 0 Å². The first kappa shape index (κ1) is 23.9. The van der Waals surface area contributed by atoms with Gasteiger partial charge in [-0.3, -0.25) is 4.79 Å². The first-order valence-corrected chi connectivity index (χ1v) is 10.4. The molecule has 0 amide bonds. The molecule has 0 saturated carbocycles. The van der Waals surface area contributed by atoms with Gasteiger partial charge in [0.25, 0.3) is 0 Å². The van der Waals surface area contributed by atoms with E-state index in [0.29, 0.717) is 11.1 Å². The van der Waals surface area contributed by atoms with Crippen LogP contribution in [0.15, 0.2) is 115 Å². The third kappa shape index (κ3) is 6.37. The van der Waals surface area contributed by atoms with Crippen LogP contribution in [0, 0.1) is 0 Å². The lowest BCUT2D eigenvalue weighted by Gasteiger charge is -2.08. The molecule has 0 heterocycles. The smallest absolute Gasteiger partial charge is 0.337 e. The molecule has 2 N–H and O–H groups in total. The maximum atomic E-state index is 11.7. The average molecular weight is 450 g/mol. The van der Waals surface area contributed by atoms with Crippen LogP contribution < -0.4 is 0 Å². The zero-order valence-electron chi connectivity index (χ0n) is 18.2. The second-order valence-corrected chi connectivity index (χ2v) is 7.18. The lowest BCUT2D eigenvalue weighted by molar-refractivity contribution is 0.0652. The van der Waals surface area contributed by atoms with Crippen LogP contribution in [0.5, 0.6) is 0 Å². The Morgan fingerprint density at radius 3 is 1.71 bits per heavy atom. The molecule has 0 atom stereocenters. The predicted octanol–water partition coefficient (Wildman–Crippen LogP) is 6.33. The molecular weight excluding hydrogens is 428 g/mol. The van der Waals surface area contributed by atoms with Crippen molar-refractivity contribution in [2.45, 2.75) is 0 Å². The number of carbonyl (C=O) groups excluding carboxylic acids is 1. The van der Waals surface area contributed by atoms with Crippen molar-refractivity contribution in [3.63, 3.8) is 0 Å². The molecule has 0 aliphatic heterocycles. The fourth-order valence-corrected chi connectivity index (χ4v) is 3.25. The Balaban J connectivity index is 0.000000192. The van der Waals surface area contributed by atoms with Crippen molar-refractivity contribution in [1.29, 1.82) is 0 Å². The molecule has 0 aliphatic rings. The quantitative estimate of drug-likeness (QED) is 0.264. The van der Waals surface area contributed by atoms with Gasteiger partial charge >= 0.3 is 11.9 Å². The van der Waals surface area contributed by atoms with Gasteiger partial charge in [0.05, 0.1) is 11.1 Å². The molecule has 0 aliphatic carbocycles. The summed E-state index contributed by atoms with van der Waals surface area (Å²) < 4.78 is 0. The van der Waals surface area contributed by atoms with Crippen LogP contribution in [0.2, 0.25) is 0 Å². The molecule has 0 saturated heterocycles. The number of hydrogen-bond acceptors (Lipinski definition) is 3. The molecule has 0 aromatic heterocycles. The Hall–Kier alpha value is -4.77. The van der Waals surface area contributed by atoms with Gasteiger partial charge in [-0.15, -0.1) is 0 Å². The SMILES string of the molecule is O=C(C=Cc1ccccc1)c1ccccc1.O=C(O)c1cccc(-c2ccccc2)c1C(=O)O. The number of benzene rings is 4. The van der Waals surface area contributed by atoms with Gasteiger partial charge in [0, 0.05) is 5.56 Å². The molecule has 4 aromatic carbocycles. The van der Waals surface area contributed by atoms with Gasteiger partial charge < -0.3 is 10.2 Å². The van der Waals surface area contributed by atoms with E-state index >= 15 is 0 Å². The Bertz CT molecular complexity index is 1290. The minimum atomic E-state index is -1.25. The van der Waals surface area contributed by atoms with Crippen molar-refractivity contribution in [3.8, 4) is 11.1 Å². The second kappa shape index (κ2) is 11.7. The van der Waals surface area contributed by atoms with Gasteiger partial charge in [0.1, 0.15) is 0 Å². The number of ketones is 1. The molecule has 0 radical (unpaired) electrons. The van der Waals surface area contributed by atoms with E-state index < -0.39 is 11.9 Å². The van der Waals surface area contributed by atoms with E-state index in [4.69, 9.17) is 5.11 Å². The summed E-state index contributed by atoms with van der Waals surface area (Å²) in [5, 5.41) is 18.2. The summed E-state index contributed by atoms with van der Waals surface area (Å²) in [5.74, 6) is -2.46. The Morgan fingerprint density at radius 1 is 0.588 bits per heavy atom. The first-order chi connectivity index (χ1) is 16.5. The first-order valence-electron chi connectivity index (χ1n) is 10.4. The number of allylic oxidation sites excluding steroid dienone is 1. The highest BCUT2D eigenvalue weighted by Crippen LogP contribution is 2.26. The topological polar surface area (TPSA) is 91.7 Å². The largest absolute Gasteiger partial charge is 0.478 e. The third-order valence-corrected chi connectivity index (χ3v) is 4.88. The van der Waals surface area contributed by atoms with Crippen molar-refractivity contribution < 1.29 is 24.6 Å². The van der Waals surface area contributed by atoms with Crippen LogP contribution in [-0.2, 0) is 0 Å². The van der Waals surface area contributed by atoms with Gasteiger partial charge in [0.2, 0.25) is 0 Å². The summed E-state index contributed by atoms with van der Waals surface area (Å²) in [6.07, 6.45) is 3.43. The van der Waals surface area contributed by atoms with Gasteiger partial charge in [-0.25, -0.2) is 9.59 Å². The van der Waals surface area contributed by atoms with E-state index in [1.54, 1.807) is 36.4 Å². The molecular formula is C29H22O5. The van der Waals surface area contributed by atoms with Crippen molar-refractivity contribution in [3.05, 3.63) is 138 Å². The van der Waals surface area contributed by atoms with Gasteiger partial charge in [-0.05, 0) is 28.8 Å². The van der Waals surface area contributed by atoms with E-state index in [0.717, 1.165) is 11.1 Å². The number of aromatic carboxylic acids is 2. The Kier molecular flexibility index (Phi) is 8.25. The third-order valence-electron chi connectivity index (χ3n) is 4.88. The van der Waals surface area contributed by atoms with Crippen molar-refractivity contribution in [2.24, 2.45) is 0 Å².